The fraction of sp³-hybridized carbons (Fsp3) is 0.300. The van der Waals surface area contributed by atoms with Crippen LogP contribution in [-0.4, -0.2) is 17.7 Å². The Morgan fingerprint density at radius 1 is 1.53 bits per heavy atom. The van der Waals surface area contributed by atoms with Crippen LogP contribution in [0.15, 0.2) is 18.2 Å². The van der Waals surface area contributed by atoms with Gasteiger partial charge in [0, 0.05) is 6.54 Å². The van der Waals surface area contributed by atoms with Crippen LogP contribution >= 0.6 is 12.4 Å². The number of hydrogen-bond acceptors (Lipinski definition) is 4. The normalized spacial score (nSPS) is 9.20. The van der Waals surface area contributed by atoms with E-state index in [1.807, 2.05) is 0 Å². The minimum atomic E-state index is -0.520. The van der Waals surface area contributed by atoms with Gasteiger partial charge in [-0.3, -0.25) is 0 Å². The Bertz CT molecular complexity index is 341. The highest BCUT2D eigenvalue weighted by atomic mass is 35.5. The Labute approximate surface area is 94.5 Å². The van der Waals surface area contributed by atoms with Crippen molar-refractivity contribution in [3.8, 4) is 5.75 Å². The molecule has 0 bridgehead atoms. The summed E-state index contributed by atoms with van der Waals surface area (Å²) in [6.45, 7) is 2.33. The average Bonchev–Trinajstić information content (AvgIpc) is 2.17. The summed E-state index contributed by atoms with van der Waals surface area (Å²) in [5.74, 6) is -0.611. The fourth-order valence-electron chi connectivity index (χ4n) is 1.09. The molecule has 0 aromatic heterocycles. The van der Waals surface area contributed by atoms with Gasteiger partial charge in [-0.15, -0.1) is 12.4 Å². The van der Waals surface area contributed by atoms with Crippen molar-refractivity contribution in [2.24, 2.45) is 5.73 Å². The molecule has 0 heterocycles. The zero-order chi connectivity index (χ0) is 10.6. The summed E-state index contributed by atoms with van der Waals surface area (Å²) in [5, 5.41) is 9.46. The van der Waals surface area contributed by atoms with Gasteiger partial charge in [0.25, 0.3) is 0 Å². The van der Waals surface area contributed by atoms with Crippen LogP contribution in [0.25, 0.3) is 0 Å². The smallest absolute Gasteiger partial charge is 0.341 e. The number of aromatic hydroxyl groups is 1. The fourth-order valence-corrected chi connectivity index (χ4v) is 1.09. The molecule has 0 unspecified atom stereocenters. The second-order valence-electron chi connectivity index (χ2n) is 2.78. The minimum Gasteiger partial charge on any atom is -0.507 e. The van der Waals surface area contributed by atoms with Crippen molar-refractivity contribution in [3.05, 3.63) is 29.3 Å². The molecular weight excluding hydrogens is 218 g/mol. The number of phenolic OH excluding ortho intramolecular Hbond substituents is 1. The maximum Gasteiger partial charge on any atom is 0.341 e. The van der Waals surface area contributed by atoms with E-state index in [0.29, 0.717) is 6.54 Å². The first kappa shape index (κ1) is 13.7. The summed E-state index contributed by atoms with van der Waals surface area (Å²) in [6, 6.07) is 4.66. The molecule has 1 aromatic carbocycles. The van der Waals surface area contributed by atoms with Gasteiger partial charge in [-0.1, -0.05) is 6.07 Å². The van der Waals surface area contributed by atoms with Gasteiger partial charge in [0.15, 0.2) is 0 Å². The van der Waals surface area contributed by atoms with Crippen molar-refractivity contribution in [1.82, 2.24) is 0 Å². The molecule has 0 saturated carbocycles. The molecule has 0 saturated heterocycles. The van der Waals surface area contributed by atoms with Crippen molar-refractivity contribution in [2.45, 2.75) is 13.5 Å². The molecule has 0 aliphatic rings. The molecule has 0 spiro atoms. The molecule has 1 aromatic rings. The largest absolute Gasteiger partial charge is 0.507 e. The van der Waals surface area contributed by atoms with E-state index >= 15 is 0 Å². The number of phenols is 1. The summed E-state index contributed by atoms with van der Waals surface area (Å²) in [6.07, 6.45) is 0. The first-order valence-corrected chi connectivity index (χ1v) is 4.38. The van der Waals surface area contributed by atoms with Gasteiger partial charge in [-0.05, 0) is 24.6 Å². The minimum absolute atomic E-state index is 0. The second kappa shape index (κ2) is 6.27. The van der Waals surface area contributed by atoms with Crippen molar-refractivity contribution in [2.75, 3.05) is 6.61 Å². The Morgan fingerprint density at radius 2 is 2.20 bits per heavy atom. The molecular formula is C10H14ClNO3. The predicted molar refractivity (Wildman–Crippen MR) is 59.2 cm³/mol. The van der Waals surface area contributed by atoms with E-state index in [4.69, 9.17) is 10.5 Å². The SMILES string of the molecule is CCOC(=O)c1ccc(CN)cc1O.Cl. The summed E-state index contributed by atoms with van der Waals surface area (Å²) in [7, 11) is 0. The second-order valence-corrected chi connectivity index (χ2v) is 2.78. The van der Waals surface area contributed by atoms with E-state index in [1.165, 1.54) is 12.1 Å². The van der Waals surface area contributed by atoms with Crippen molar-refractivity contribution in [3.63, 3.8) is 0 Å². The number of rotatable bonds is 3. The highest BCUT2D eigenvalue weighted by Crippen LogP contribution is 2.19. The molecule has 1 rings (SSSR count). The highest BCUT2D eigenvalue weighted by Gasteiger charge is 2.11. The molecule has 0 aliphatic carbocycles. The summed E-state index contributed by atoms with van der Waals surface area (Å²) < 4.78 is 4.75. The third-order valence-corrected chi connectivity index (χ3v) is 1.79. The first-order valence-electron chi connectivity index (χ1n) is 4.38. The molecule has 0 radical (unpaired) electrons. The number of esters is 1. The van der Waals surface area contributed by atoms with E-state index in [1.54, 1.807) is 13.0 Å². The third-order valence-electron chi connectivity index (χ3n) is 1.79. The van der Waals surface area contributed by atoms with Gasteiger partial charge in [0.05, 0.1) is 6.61 Å². The lowest BCUT2D eigenvalue weighted by Crippen LogP contribution is -2.05. The van der Waals surface area contributed by atoms with Gasteiger partial charge < -0.3 is 15.6 Å². The number of ether oxygens (including phenoxy) is 1. The van der Waals surface area contributed by atoms with Crippen LogP contribution in [0.4, 0.5) is 0 Å². The molecule has 0 fully saturated rings. The van der Waals surface area contributed by atoms with Crippen molar-refractivity contribution in [1.29, 1.82) is 0 Å². The van der Waals surface area contributed by atoms with Crippen molar-refractivity contribution < 1.29 is 14.6 Å². The summed E-state index contributed by atoms with van der Waals surface area (Å²) in [5.41, 5.74) is 6.32. The van der Waals surface area contributed by atoms with Crippen LogP contribution in [0.2, 0.25) is 0 Å². The molecule has 15 heavy (non-hydrogen) atoms. The van der Waals surface area contributed by atoms with E-state index in [-0.39, 0.29) is 30.3 Å². The molecule has 5 heteroatoms. The van der Waals surface area contributed by atoms with Gasteiger partial charge >= 0.3 is 5.97 Å². The quantitative estimate of drug-likeness (QED) is 0.773. The number of halogens is 1. The predicted octanol–water partition coefficient (Wildman–Crippen LogP) is 1.45. The van der Waals surface area contributed by atoms with Gasteiger partial charge in [-0.2, -0.15) is 0 Å². The number of benzene rings is 1. The Hall–Kier alpha value is -1.26. The maximum atomic E-state index is 11.3. The third kappa shape index (κ3) is 3.42. The lowest BCUT2D eigenvalue weighted by molar-refractivity contribution is 0.0523. The molecule has 0 aliphatic heterocycles. The van der Waals surface area contributed by atoms with E-state index < -0.39 is 5.97 Å². The lowest BCUT2D eigenvalue weighted by atomic mass is 10.1. The number of hydrogen-bond donors (Lipinski definition) is 2. The zero-order valence-electron chi connectivity index (χ0n) is 8.40. The zero-order valence-corrected chi connectivity index (χ0v) is 9.21. The first-order chi connectivity index (χ1) is 6.69. The Morgan fingerprint density at radius 3 is 2.67 bits per heavy atom. The van der Waals surface area contributed by atoms with E-state index in [9.17, 15) is 9.90 Å². The Balaban J connectivity index is 0.00000196. The molecule has 0 amide bonds. The topological polar surface area (TPSA) is 72.5 Å². The monoisotopic (exact) mass is 231 g/mol. The van der Waals surface area contributed by atoms with Crippen LogP contribution < -0.4 is 5.73 Å². The lowest BCUT2D eigenvalue weighted by Gasteiger charge is -2.05. The van der Waals surface area contributed by atoms with Crippen LogP contribution in [0.5, 0.6) is 5.75 Å². The summed E-state index contributed by atoms with van der Waals surface area (Å²) >= 11 is 0. The van der Waals surface area contributed by atoms with E-state index in [2.05, 4.69) is 0 Å². The van der Waals surface area contributed by atoms with Crippen molar-refractivity contribution >= 4 is 18.4 Å². The molecule has 0 atom stereocenters. The van der Waals surface area contributed by atoms with Crippen LogP contribution in [0.1, 0.15) is 22.8 Å². The number of carbonyl (C=O) groups is 1. The standard InChI is InChI=1S/C10H13NO3.ClH/c1-2-14-10(13)8-4-3-7(6-11)5-9(8)12;/h3-5,12H,2,6,11H2,1H3;1H. The molecule has 4 nitrogen and oxygen atoms in total. The maximum absolute atomic E-state index is 11.3. The number of carbonyl (C=O) groups excluding carboxylic acids is 1. The van der Waals surface area contributed by atoms with Gasteiger partial charge in [-0.25, -0.2) is 4.79 Å². The highest BCUT2D eigenvalue weighted by molar-refractivity contribution is 5.92. The van der Waals surface area contributed by atoms with Gasteiger partial charge in [0.1, 0.15) is 11.3 Å². The van der Waals surface area contributed by atoms with Crippen LogP contribution in [0, 0.1) is 0 Å². The number of nitrogens with two attached hydrogens (primary N) is 1. The van der Waals surface area contributed by atoms with Crippen LogP contribution in [0.3, 0.4) is 0 Å². The summed E-state index contributed by atoms with van der Waals surface area (Å²) in [4.78, 5) is 11.3. The van der Waals surface area contributed by atoms with Crippen LogP contribution in [-0.2, 0) is 11.3 Å². The van der Waals surface area contributed by atoms with Gasteiger partial charge in [0.2, 0.25) is 0 Å². The Kier molecular flexibility index (Phi) is 5.74. The van der Waals surface area contributed by atoms with E-state index in [0.717, 1.165) is 5.56 Å². The molecule has 3 N–H and O–H groups in total. The molecule has 84 valence electrons. The average molecular weight is 232 g/mol.